The molecule has 0 amide bonds. The number of allylic oxidation sites excluding steroid dienone is 4. The molecule has 0 aliphatic heterocycles. The molecule has 134 valence electrons. The predicted octanol–water partition coefficient (Wildman–Crippen LogP) is 4.89. The van der Waals surface area contributed by atoms with Crippen molar-refractivity contribution in [3.63, 3.8) is 0 Å². The normalized spacial score (nSPS) is 53.1. The van der Waals surface area contributed by atoms with Gasteiger partial charge in [0, 0.05) is 11.8 Å². The fourth-order valence-electron chi connectivity index (χ4n) is 8.81. The van der Waals surface area contributed by atoms with Crippen LogP contribution in [0.4, 0.5) is 0 Å². The molecule has 5 aliphatic rings. The first-order chi connectivity index (χ1) is 11.9. The first kappa shape index (κ1) is 16.0. The summed E-state index contributed by atoms with van der Waals surface area (Å²) in [5.74, 6) is 3.14. The zero-order valence-corrected chi connectivity index (χ0v) is 15.8. The molecule has 0 heterocycles. The van der Waals surface area contributed by atoms with Gasteiger partial charge < -0.3 is 0 Å². The first-order valence-electron chi connectivity index (χ1n) is 10.3. The van der Waals surface area contributed by atoms with E-state index in [9.17, 15) is 9.59 Å². The molecule has 7 atom stereocenters. The number of carbonyl (C=O) groups excluding carboxylic acids is 2. The molecule has 5 rings (SSSR count). The number of hydrogen-bond acceptors (Lipinski definition) is 2. The van der Waals surface area contributed by atoms with Gasteiger partial charge in [0.1, 0.15) is 5.78 Å². The van der Waals surface area contributed by atoms with Crippen LogP contribution < -0.4 is 0 Å². The Morgan fingerprint density at radius 3 is 2.72 bits per heavy atom. The van der Waals surface area contributed by atoms with E-state index in [0.717, 1.165) is 19.3 Å². The summed E-state index contributed by atoms with van der Waals surface area (Å²) >= 11 is 0. The summed E-state index contributed by atoms with van der Waals surface area (Å²) in [5, 5.41) is 0. The summed E-state index contributed by atoms with van der Waals surface area (Å²) in [6.45, 7) is 6.67. The maximum absolute atomic E-state index is 12.9. The second-order valence-corrected chi connectivity index (χ2v) is 9.96. The summed E-state index contributed by atoms with van der Waals surface area (Å²) in [4.78, 5) is 24.7. The number of ketones is 2. The number of Topliss-reactive ketones (excluding diaryl/α,β-unsaturated/α-hetero) is 1. The van der Waals surface area contributed by atoms with Crippen LogP contribution in [0.5, 0.6) is 0 Å². The van der Waals surface area contributed by atoms with Crippen molar-refractivity contribution in [1.29, 1.82) is 0 Å². The van der Waals surface area contributed by atoms with E-state index in [-0.39, 0.29) is 10.8 Å². The van der Waals surface area contributed by atoms with Crippen LogP contribution in [-0.4, -0.2) is 11.6 Å². The number of rotatable bonds is 1. The molecule has 5 aliphatic carbocycles. The quantitative estimate of drug-likeness (QED) is 0.682. The van der Waals surface area contributed by atoms with E-state index in [1.54, 1.807) is 0 Å². The molecule has 0 N–H and O–H groups in total. The van der Waals surface area contributed by atoms with Crippen LogP contribution in [0.1, 0.15) is 65.7 Å². The second-order valence-electron chi connectivity index (χ2n) is 9.96. The predicted molar refractivity (Wildman–Crippen MR) is 97.8 cm³/mol. The maximum Gasteiger partial charge on any atom is 0.155 e. The average Bonchev–Trinajstić information content (AvgIpc) is 2.95. The molecule has 2 heteroatoms. The molecule has 1 unspecified atom stereocenters. The van der Waals surface area contributed by atoms with Gasteiger partial charge in [-0.3, -0.25) is 9.59 Å². The van der Waals surface area contributed by atoms with Crippen molar-refractivity contribution in [3.05, 3.63) is 23.8 Å². The highest BCUT2D eigenvalue weighted by Crippen LogP contribution is 2.81. The van der Waals surface area contributed by atoms with Gasteiger partial charge in [0.15, 0.2) is 5.78 Å². The molecule has 0 aromatic heterocycles. The Bertz CT molecular complexity index is 730. The summed E-state index contributed by atoms with van der Waals surface area (Å²) < 4.78 is 0. The number of hydrogen-bond donors (Lipinski definition) is 0. The Morgan fingerprint density at radius 1 is 1.20 bits per heavy atom. The van der Waals surface area contributed by atoms with Crippen LogP contribution in [0.15, 0.2) is 23.8 Å². The molecule has 0 spiro atoms. The molecule has 0 aromatic carbocycles. The summed E-state index contributed by atoms with van der Waals surface area (Å²) in [6.07, 6.45) is 14.4. The van der Waals surface area contributed by atoms with E-state index in [2.05, 4.69) is 26.0 Å². The van der Waals surface area contributed by atoms with E-state index < -0.39 is 0 Å². The minimum atomic E-state index is -0.0789. The smallest absolute Gasteiger partial charge is 0.155 e. The van der Waals surface area contributed by atoms with Gasteiger partial charge >= 0.3 is 0 Å². The fraction of sp³-hybridized carbons (Fsp3) is 0.739. The second kappa shape index (κ2) is 4.75. The van der Waals surface area contributed by atoms with Crippen molar-refractivity contribution in [3.8, 4) is 0 Å². The SMILES string of the molecule is CC(=O)[C@@]12CCC3(C[C@H]1C)[C@@H]1C=CC4=CC(=O)CC[C@@H]4[C@H]1CC[C@@]32C. The minimum absolute atomic E-state index is 0.0789. The highest BCUT2D eigenvalue weighted by atomic mass is 16.1. The van der Waals surface area contributed by atoms with Gasteiger partial charge in [-0.05, 0) is 91.6 Å². The Morgan fingerprint density at radius 2 is 2.00 bits per heavy atom. The van der Waals surface area contributed by atoms with Gasteiger partial charge in [-0.25, -0.2) is 0 Å². The van der Waals surface area contributed by atoms with Crippen LogP contribution in [0, 0.1) is 39.9 Å². The summed E-state index contributed by atoms with van der Waals surface area (Å²) in [6, 6.07) is 0. The lowest BCUT2D eigenvalue weighted by Crippen LogP contribution is -2.53. The van der Waals surface area contributed by atoms with Gasteiger partial charge in [0.05, 0.1) is 0 Å². The zero-order valence-electron chi connectivity index (χ0n) is 15.8. The molecule has 3 fully saturated rings. The number of carbonyl (C=O) groups is 2. The van der Waals surface area contributed by atoms with Crippen molar-refractivity contribution in [2.24, 2.45) is 39.9 Å². The van der Waals surface area contributed by atoms with Crippen LogP contribution >= 0.6 is 0 Å². The van der Waals surface area contributed by atoms with Gasteiger partial charge in [-0.1, -0.05) is 26.0 Å². The topological polar surface area (TPSA) is 34.1 Å². The van der Waals surface area contributed by atoms with Crippen LogP contribution in [0.25, 0.3) is 0 Å². The molecule has 25 heavy (non-hydrogen) atoms. The third-order valence-corrected chi connectivity index (χ3v) is 9.74. The van der Waals surface area contributed by atoms with Crippen LogP contribution in [-0.2, 0) is 9.59 Å². The van der Waals surface area contributed by atoms with Crippen LogP contribution in [0.3, 0.4) is 0 Å². The fourth-order valence-corrected chi connectivity index (χ4v) is 8.81. The number of fused-ring (bicyclic) bond motifs is 3. The Kier molecular flexibility index (Phi) is 3.05. The molecule has 2 bridgehead atoms. The van der Waals surface area contributed by atoms with Gasteiger partial charge in [-0.15, -0.1) is 0 Å². The largest absolute Gasteiger partial charge is 0.299 e. The summed E-state index contributed by atoms with van der Waals surface area (Å²) in [5.41, 5.74) is 1.69. The molecule has 3 saturated carbocycles. The van der Waals surface area contributed by atoms with Crippen molar-refractivity contribution in [2.45, 2.75) is 65.7 Å². The molecule has 0 radical (unpaired) electrons. The third kappa shape index (κ3) is 1.59. The van der Waals surface area contributed by atoms with Crippen molar-refractivity contribution < 1.29 is 9.59 Å². The molecular weight excluding hydrogens is 308 g/mol. The zero-order chi connectivity index (χ0) is 17.6. The first-order valence-corrected chi connectivity index (χ1v) is 10.3. The minimum Gasteiger partial charge on any atom is -0.299 e. The van der Waals surface area contributed by atoms with E-state index in [1.807, 2.05) is 13.0 Å². The van der Waals surface area contributed by atoms with Gasteiger partial charge in [-0.2, -0.15) is 0 Å². The van der Waals surface area contributed by atoms with Crippen molar-refractivity contribution in [2.75, 3.05) is 0 Å². The molecule has 2 nitrogen and oxygen atoms in total. The molecular formula is C23H30O2. The Hall–Kier alpha value is -1.18. The average molecular weight is 338 g/mol. The standard InChI is InChI=1S/C23H30O2/c1-14-13-22-10-11-23(14,15(2)24)21(22,3)9-8-19-18-6-5-17(25)12-16(18)4-7-20(19)22/h4,7,12,14,18-20H,5-6,8-11,13H2,1-3H3/t14-,18+,19-,20-,21+,22?,23-/m1/s1. The van der Waals surface area contributed by atoms with Gasteiger partial charge in [0.25, 0.3) is 0 Å². The van der Waals surface area contributed by atoms with E-state index >= 15 is 0 Å². The Labute approximate surface area is 151 Å². The lowest BCUT2D eigenvalue weighted by Gasteiger charge is -2.57. The molecule has 0 saturated heterocycles. The van der Waals surface area contributed by atoms with Gasteiger partial charge in [0.2, 0.25) is 0 Å². The van der Waals surface area contributed by atoms with Crippen LogP contribution in [0.2, 0.25) is 0 Å². The van der Waals surface area contributed by atoms with E-state index in [4.69, 9.17) is 0 Å². The lowest BCUT2D eigenvalue weighted by molar-refractivity contribution is -0.139. The Balaban J connectivity index is 1.63. The maximum atomic E-state index is 12.9. The van der Waals surface area contributed by atoms with Crippen molar-refractivity contribution >= 4 is 11.6 Å². The molecule has 0 aromatic rings. The highest BCUT2D eigenvalue weighted by Gasteiger charge is 2.77. The summed E-state index contributed by atoms with van der Waals surface area (Å²) in [7, 11) is 0. The van der Waals surface area contributed by atoms with Crippen molar-refractivity contribution in [1.82, 2.24) is 0 Å². The monoisotopic (exact) mass is 338 g/mol. The lowest BCUT2D eigenvalue weighted by atomic mass is 9.46. The highest BCUT2D eigenvalue weighted by molar-refractivity contribution is 5.92. The van der Waals surface area contributed by atoms with E-state index in [0.29, 0.717) is 40.7 Å². The van der Waals surface area contributed by atoms with E-state index in [1.165, 1.54) is 31.3 Å². The third-order valence-electron chi connectivity index (χ3n) is 9.74.